The van der Waals surface area contributed by atoms with Gasteiger partial charge < -0.3 is 0 Å². The monoisotopic (exact) mass is 779 g/mol. The van der Waals surface area contributed by atoms with E-state index in [1.54, 1.807) is 0 Å². The summed E-state index contributed by atoms with van der Waals surface area (Å²) in [4.78, 5) is 14.4. The Kier molecular flexibility index (Phi) is 8.82. The van der Waals surface area contributed by atoms with E-state index in [-0.39, 0.29) is 5.41 Å². The number of hydrogen-bond donors (Lipinski definition) is 0. The van der Waals surface area contributed by atoms with Gasteiger partial charge in [0.25, 0.3) is 0 Å². The average molecular weight is 780 g/mol. The fraction of sp³-hybridized carbons (Fsp3) is 0.0517. The summed E-state index contributed by atoms with van der Waals surface area (Å²) in [6, 6.07) is 71.9. The zero-order valence-electron chi connectivity index (χ0n) is 34.0. The number of pyridine rings is 1. The molecule has 10 aromatic rings. The van der Waals surface area contributed by atoms with Gasteiger partial charge >= 0.3 is 0 Å². The van der Waals surface area contributed by atoms with Crippen LogP contribution in [0.1, 0.15) is 25.0 Å². The molecule has 2 aromatic heterocycles. The first-order chi connectivity index (χ1) is 30.0. The molecular weight excluding hydrogens is 739 g/mol. The van der Waals surface area contributed by atoms with Crippen LogP contribution in [0, 0.1) is 0 Å². The highest BCUT2D eigenvalue weighted by molar-refractivity contribution is 5.98. The minimum Gasteiger partial charge on any atom is -0.265 e. The normalized spacial score (nSPS) is 12.6. The van der Waals surface area contributed by atoms with E-state index in [1.165, 1.54) is 55.3 Å². The van der Waals surface area contributed by atoms with Gasteiger partial charge in [0.1, 0.15) is 0 Å². The number of hydrogen-bond acceptors (Lipinski definition) is 3. The van der Waals surface area contributed by atoms with Crippen molar-refractivity contribution in [1.29, 1.82) is 0 Å². The standard InChI is InChI=1S/C58H41N3/c1-58(2)53-28-26-48(36-52(53)51-27-25-40-11-6-7-20-50(40)56(51)58)46-17-9-15-44(34-46)43-14-8-16-45(33-43)47-18-10-19-49(35-47)55-37-54(60-57(61-55)42-12-4-3-5-13-42)41-23-21-38(22-24-41)39-29-31-59-32-30-39/h3-37H,1-2H3. The molecule has 61 heavy (non-hydrogen) atoms. The third kappa shape index (κ3) is 6.61. The summed E-state index contributed by atoms with van der Waals surface area (Å²) in [6.45, 7) is 4.73. The Morgan fingerprint density at radius 1 is 0.344 bits per heavy atom. The Bertz CT molecular complexity index is 3260. The molecule has 1 aliphatic rings. The number of rotatable bonds is 7. The lowest BCUT2D eigenvalue weighted by Crippen LogP contribution is -2.15. The molecule has 0 saturated carbocycles. The van der Waals surface area contributed by atoms with Crippen molar-refractivity contribution in [3.8, 4) is 89.5 Å². The zero-order valence-corrected chi connectivity index (χ0v) is 34.0. The van der Waals surface area contributed by atoms with Crippen LogP contribution < -0.4 is 0 Å². The second-order valence-electron chi connectivity index (χ2n) is 16.5. The Balaban J connectivity index is 0.925. The SMILES string of the molecule is CC1(C)c2ccc(-c3cccc(-c4cccc(-c5cccc(-c6cc(-c7ccc(-c8ccncc8)cc7)nc(-c7ccccc7)n6)c5)c4)c3)cc2-c2ccc3ccccc3c21. The fourth-order valence-electron chi connectivity index (χ4n) is 9.25. The molecule has 0 N–H and O–H groups in total. The molecular formula is C58H41N3. The highest BCUT2D eigenvalue weighted by atomic mass is 14.9. The van der Waals surface area contributed by atoms with Crippen molar-refractivity contribution >= 4 is 10.8 Å². The van der Waals surface area contributed by atoms with Gasteiger partial charge in [0.05, 0.1) is 11.4 Å². The molecule has 288 valence electrons. The molecule has 11 rings (SSSR count). The minimum absolute atomic E-state index is 0.0724. The first-order valence-electron chi connectivity index (χ1n) is 20.9. The van der Waals surface area contributed by atoms with Crippen LogP contribution in [0.3, 0.4) is 0 Å². The van der Waals surface area contributed by atoms with Gasteiger partial charge in [0, 0.05) is 34.5 Å². The molecule has 0 saturated heterocycles. The van der Waals surface area contributed by atoms with E-state index in [0.717, 1.165) is 50.3 Å². The first-order valence-corrected chi connectivity index (χ1v) is 20.9. The second kappa shape index (κ2) is 14.8. The van der Waals surface area contributed by atoms with Crippen molar-refractivity contribution in [3.05, 3.63) is 224 Å². The maximum Gasteiger partial charge on any atom is 0.160 e. The van der Waals surface area contributed by atoms with Crippen molar-refractivity contribution in [3.63, 3.8) is 0 Å². The third-order valence-corrected chi connectivity index (χ3v) is 12.4. The summed E-state index contributed by atoms with van der Waals surface area (Å²) in [7, 11) is 0. The van der Waals surface area contributed by atoms with Gasteiger partial charge in [-0.1, -0.05) is 172 Å². The van der Waals surface area contributed by atoms with Crippen LogP contribution >= 0.6 is 0 Å². The molecule has 0 aliphatic heterocycles. The summed E-state index contributed by atoms with van der Waals surface area (Å²) in [5.74, 6) is 0.698. The molecule has 1 aliphatic carbocycles. The Hall–Kier alpha value is -7.75. The minimum atomic E-state index is -0.0724. The molecule has 0 amide bonds. The molecule has 2 heterocycles. The van der Waals surface area contributed by atoms with Crippen molar-refractivity contribution in [2.24, 2.45) is 0 Å². The van der Waals surface area contributed by atoms with E-state index < -0.39 is 0 Å². The van der Waals surface area contributed by atoms with E-state index >= 15 is 0 Å². The van der Waals surface area contributed by atoms with Crippen LogP contribution in [-0.2, 0) is 5.41 Å². The van der Waals surface area contributed by atoms with Crippen LogP contribution in [0.25, 0.3) is 100 Å². The summed E-state index contributed by atoms with van der Waals surface area (Å²) in [5.41, 5.74) is 19.6. The average Bonchev–Trinajstić information content (AvgIpc) is 3.57. The smallest absolute Gasteiger partial charge is 0.160 e. The number of benzene rings is 8. The molecule has 0 unspecified atom stereocenters. The predicted octanol–water partition coefficient (Wildman–Crippen LogP) is 15.0. The van der Waals surface area contributed by atoms with Gasteiger partial charge in [-0.2, -0.15) is 0 Å². The lowest BCUT2D eigenvalue weighted by Gasteiger charge is -2.23. The summed E-state index contributed by atoms with van der Waals surface area (Å²) in [5, 5.41) is 2.64. The Morgan fingerprint density at radius 3 is 1.52 bits per heavy atom. The van der Waals surface area contributed by atoms with E-state index in [9.17, 15) is 0 Å². The molecule has 0 radical (unpaired) electrons. The zero-order chi connectivity index (χ0) is 40.9. The van der Waals surface area contributed by atoms with Crippen LogP contribution in [0.4, 0.5) is 0 Å². The molecule has 8 aromatic carbocycles. The Labute approximate surface area is 356 Å². The van der Waals surface area contributed by atoms with Gasteiger partial charge in [-0.3, -0.25) is 4.98 Å². The van der Waals surface area contributed by atoms with Gasteiger partial charge in [0.15, 0.2) is 5.82 Å². The molecule has 3 heteroatoms. The van der Waals surface area contributed by atoms with E-state index in [0.29, 0.717) is 5.82 Å². The molecule has 0 atom stereocenters. The van der Waals surface area contributed by atoms with Crippen molar-refractivity contribution in [2.45, 2.75) is 19.3 Å². The van der Waals surface area contributed by atoms with Gasteiger partial charge in [-0.25, -0.2) is 9.97 Å². The maximum absolute atomic E-state index is 5.14. The number of aromatic nitrogens is 3. The largest absolute Gasteiger partial charge is 0.265 e. The maximum atomic E-state index is 5.14. The molecule has 0 fully saturated rings. The first kappa shape index (κ1) is 36.3. The highest BCUT2D eigenvalue weighted by Gasteiger charge is 2.37. The van der Waals surface area contributed by atoms with E-state index in [1.807, 2.05) is 42.7 Å². The van der Waals surface area contributed by atoms with Crippen LogP contribution in [0.2, 0.25) is 0 Å². The highest BCUT2D eigenvalue weighted by Crippen LogP contribution is 2.52. The lowest BCUT2D eigenvalue weighted by atomic mass is 9.80. The summed E-state index contributed by atoms with van der Waals surface area (Å²) in [6.07, 6.45) is 3.65. The molecule has 0 spiro atoms. The predicted molar refractivity (Wildman–Crippen MR) is 253 cm³/mol. The van der Waals surface area contributed by atoms with Crippen LogP contribution in [0.15, 0.2) is 213 Å². The van der Waals surface area contributed by atoms with Crippen molar-refractivity contribution in [2.75, 3.05) is 0 Å². The number of fused-ring (bicyclic) bond motifs is 5. The van der Waals surface area contributed by atoms with Gasteiger partial charge in [0.2, 0.25) is 0 Å². The number of nitrogens with zero attached hydrogens (tertiary/aromatic N) is 3. The fourth-order valence-corrected chi connectivity index (χ4v) is 9.25. The lowest BCUT2D eigenvalue weighted by molar-refractivity contribution is 0.666. The molecule has 0 bridgehead atoms. The molecule has 3 nitrogen and oxygen atoms in total. The van der Waals surface area contributed by atoms with Gasteiger partial charge in [-0.05, 0) is 120 Å². The van der Waals surface area contributed by atoms with Gasteiger partial charge in [-0.15, -0.1) is 0 Å². The third-order valence-electron chi connectivity index (χ3n) is 12.4. The summed E-state index contributed by atoms with van der Waals surface area (Å²) < 4.78 is 0. The van der Waals surface area contributed by atoms with E-state index in [4.69, 9.17) is 9.97 Å². The summed E-state index contributed by atoms with van der Waals surface area (Å²) >= 11 is 0. The second-order valence-corrected chi connectivity index (χ2v) is 16.5. The topological polar surface area (TPSA) is 38.7 Å². The quantitative estimate of drug-likeness (QED) is 0.162. The van der Waals surface area contributed by atoms with Crippen LogP contribution in [-0.4, -0.2) is 15.0 Å². The van der Waals surface area contributed by atoms with E-state index in [2.05, 4.69) is 189 Å². The Morgan fingerprint density at radius 2 is 0.852 bits per heavy atom. The van der Waals surface area contributed by atoms with Crippen LogP contribution in [0.5, 0.6) is 0 Å². The van der Waals surface area contributed by atoms with Crippen molar-refractivity contribution in [1.82, 2.24) is 15.0 Å². The van der Waals surface area contributed by atoms with Crippen molar-refractivity contribution < 1.29 is 0 Å².